The van der Waals surface area contributed by atoms with Crippen LogP contribution in [0, 0.1) is 11.3 Å². The molecule has 0 bridgehead atoms. The summed E-state index contributed by atoms with van der Waals surface area (Å²) in [6, 6.07) is 9.47. The summed E-state index contributed by atoms with van der Waals surface area (Å²) >= 11 is 1.38. The minimum absolute atomic E-state index is 0.0283. The van der Waals surface area contributed by atoms with Gasteiger partial charge in [-0.25, -0.2) is 0 Å². The number of amides is 2. The Balaban J connectivity index is 1.86. The zero-order chi connectivity index (χ0) is 20.3. The molecule has 0 aliphatic heterocycles. The van der Waals surface area contributed by atoms with E-state index in [1.165, 1.54) is 17.4 Å². The van der Waals surface area contributed by atoms with Crippen LogP contribution in [-0.4, -0.2) is 25.9 Å². The van der Waals surface area contributed by atoms with Gasteiger partial charge in [-0.1, -0.05) is 12.1 Å². The highest BCUT2D eigenvalue weighted by atomic mass is 32.1. The Bertz CT molecular complexity index is 981. The summed E-state index contributed by atoms with van der Waals surface area (Å²) in [6.45, 7) is 0. The van der Waals surface area contributed by atoms with Crippen LogP contribution in [0.5, 0.6) is 0 Å². The van der Waals surface area contributed by atoms with E-state index in [2.05, 4.69) is 5.32 Å². The van der Waals surface area contributed by atoms with Gasteiger partial charge in [-0.2, -0.15) is 5.26 Å². The standard InChI is InChI=1S/C21H22N4O2S/c1-25(2)15-9-7-13(8-10-15)11-14(12-22)20(27)24-21-18(19(23)26)16-5-3-4-6-17(16)28-21/h7-11H,3-6H2,1-2H3,(H2,23,26)(H,24,27)/b14-11-. The number of primary amides is 1. The quantitative estimate of drug-likeness (QED) is 0.600. The summed E-state index contributed by atoms with van der Waals surface area (Å²) in [6.07, 6.45) is 5.27. The van der Waals surface area contributed by atoms with E-state index in [1.54, 1.807) is 0 Å². The highest BCUT2D eigenvalue weighted by Gasteiger charge is 2.25. The van der Waals surface area contributed by atoms with Crippen LogP contribution in [0.3, 0.4) is 0 Å². The molecule has 2 aromatic rings. The molecule has 144 valence electrons. The monoisotopic (exact) mass is 394 g/mol. The number of nitriles is 1. The van der Waals surface area contributed by atoms with Gasteiger partial charge in [-0.05, 0) is 55.0 Å². The molecule has 6 nitrogen and oxygen atoms in total. The lowest BCUT2D eigenvalue weighted by molar-refractivity contribution is -0.112. The van der Waals surface area contributed by atoms with Crippen molar-refractivity contribution in [3.8, 4) is 6.07 Å². The predicted octanol–water partition coefficient (Wildman–Crippen LogP) is 3.34. The first-order valence-electron chi connectivity index (χ1n) is 9.05. The van der Waals surface area contributed by atoms with Crippen molar-refractivity contribution < 1.29 is 9.59 Å². The molecule has 0 saturated heterocycles. The molecule has 2 amide bonds. The maximum absolute atomic E-state index is 12.7. The van der Waals surface area contributed by atoms with Crippen molar-refractivity contribution in [3.05, 3.63) is 51.4 Å². The number of rotatable bonds is 5. The Morgan fingerprint density at radius 3 is 2.50 bits per heavy atom. The van der Waals surface area contributed by atoms with Gasteiger partial charge in [0.25, 0.3) is 11.8 Å². The van der Waals surface area contributed by atoms with Crippen LogP contribution in [0.25, 0.3) is 6.08 Å². The van der Waals surface area contributed by atoms with E-state index in [9.17, 15) is 14.9 Å². The second kappa shape index (κ2) is 8.28. The van der Waals surface area contributed by atoms with E-state index < -0.39 is 11.8 Å². The van der Waals surface area contributed by atoms with E-state index in [0.29, 0.717) is 10.6 Å². The molecular formula is C21H22N4O2S. The van der Waals surface area contributed by atoms with Crippen molar-refractivity contribution in [2.45, 2.75) is 25.7 Å². The number of aryl methyl sites for hydroxylation is 1. The zero-order valence-electron chi connectivity index (χ0n) is 15.9. The summed E-state index contributed by atoms with van der Waals surface area (Å²) in [5.41, 5.74) is 8.64. The number of nitrogens with zero attached hydrogens (tertiary/aromatic N) is 2. The molecule has 1 heterocycles. The van der Waals surface area contributed by atoms with Crippen LogP contribution >= 0.6 is 11.3 Å². The normalized spacial score (nSPS) is 13.4. The summed E-state index contributed by atoms with van der Waals surface area (Å²) < 4.78 is 0. The molecule has 3 N–H and O–H groups in total. The molecule has 0 fully saturated rings. The lowest BCUT2D eigenvalue weighted by atomic mass is 9.95. The third-order valence-corrected chi connectivity index (χ3v) is 5.94. The van der Waals surface area contributed by atoms with Gasteiger partial charge in [-0.15, -0.1) is 11.3 Å². The predicted molar refractivity (Wildman–Crippen MR) is 112 cm³/mol. The van der Waals surface area contributed by atoms with Gasteiger partial charge in [0.1, 0.15) is 16.6 Å². The Morgan fingerprint density at radius 1 is 1.21 bits per heavy atom. The number of nitrogens with one attached hydrogen (secondary N) is 1. The van der Waals surface area contributed by atoms with Gasteiger partial charge in [-0.3, -0.25) is 9.59 Å². The Labute approximate surface area is 168 Å². The third-order valence-electron chi connectivity index (χ3n) is 4.73. The van der Waals surface area contributed by atoms with Crippen LogP contribution in [0.2, 0.25) is 0 Å². The Morgan fingerprint density at radius 2 is 1.89 bits per heavy atom. The molecule has 7 heteroatoms. The topological polar surface area (TPSA) is 99.2 Å². The molecule has 1 aromatic carbocycles. The minimum atomic E-state index is -0.545. The fourth-order valence-corrected chi connectivity index (χ4v) is 4.56. The second-order valence-electron chi connectivity index (χ2n) is 6.89. The molecular weight excluding hydrogens is 372 g/mol. The SMILES string of the molecule is CN(C)c1ccc(/C=C(/C#N)C(=O)Nc2sc3c(c2C(N)=O)CCCC3)cc1. The zero-order valence-corrected chi connectivity index (χ0v) is 16.7. The van der Waals surface area contributed by atoms with Crippen molar-refractivity contribution in [3.63, 3.8) is 0 Å². The molecule has 28 heavy (non-hydrogen) atoms. The maximum Gasteiger partial charge on any atom is 0.266 e. The average molecular weight is 395 g/mol. The Kier molecular flexibility index (Phi) is 5.81. The Hall–Kier alpha value is -3.11. The van der Waals surface area contributed by atoms with Crippen LogP contribution in [0.1, 0.15) is 39.2 Å². The van der Waals surface area contributed by atoms with E-state index >= 15 is 0 Å². The van der Waals surface area contributed by atoms with Crippen molar-refractivity contribution in [2.24, 2.45) is 5.73 Å². The third kappa shape index (κ3) is 4.07. The molecule has 0 unspecified atom stereocenters. The van der Waals surface area contributed by atoms with Crippen molar-refractivity contribution in [2.75, 3.05) is 24.3 Å². The van der Waals surface area contributed by atoms with Crippen molar-refractivity contribution in [1.82, 2.24) is 0 Å². The molecule has 1 aliphatic carbocycles. The number of benzene rings is 1. The number of nitrogens with two attached hydrogens (primary N) is 1. The van der Waals surface area contributed by atoms with Gasteiger partial charge < -0.3 is 16.0 Å². The molecule has 1 aromatic heterocycles. The highest BCUT2D eigenvalue weighted by Crippen LogP contribution is 2.38. The average Bonchev–Trinajstić information content (AvgIpc) is 3.04. The first-order chi connectivity index (χ1) is 13.4. The van der Waals surface area contributed by atoms with Crippen LogP contribution in [-0.2, 0) is 17.6 Å². The number of thiophene rings is 1. The first-order valence-corrected chi connectivity index (χ1v) is 9.87. The summed E-state index contributed by atoms with van der Waals surface area (Å²) in [4.78, 5) is 27.7. The number of hydrogen-bond acceptors (Lipinski definition) is 5. The molecule has 3 rings (SSSR count). The second-order valence-corrected chi connectivity index (χ2v) is 7.99. The van der Waals surface area contributed by atoms with Crippen LogP contribution < -0.4 is 16.0 Å². The molecule has 0 atom stereocenters. The number of fused-ring (bicyclic) bond motifs is 1. The van der Waals surface area contributed by atoms with Gasteiger partial charge in [0, 0.05) is 24.7 Å². The fourth-order valence-electron chi connectivity index (χ4n) is 3.27. The summed E-state index contributed by atoms with van der Waals surface area (Å²) in [5, 5.41) is 12.6. The molecule has 0 spiro atoms. The largest absolute Gasteiger partial charge is 0.378 e. The van der Waals surface area contributed by atoms with Gasteiger partial charge >= 0.3 is 0 Å². The lowest BCUT2D eigenvalue weighted by Gasteiger charge is -2.12. The molecule has 0 saturated carbocycles. The number of hydrogen-bond donors (Lipinski definition) is 2. The highest BCUT2D eigenvalue weighted by molar-refractivity contribution is 7.17. The van der Waals surface area contributed by atoms with Crippen molar-refractivity contribution >= 4 is 39.9 Å². The van der Waals surface area contributed by atoms with Gasteiger partial charge in [0.15, 0.2) is 0 Å². The summed E-state index contributed by atoms with van der Waals surface area (Å²) in [7, 11) is 3.88. The maximum atomic E-state index is 12.7. The van der Waals surface area contributed by atoms with E-state index in [4.69, 9.17) is 5.73 Å². The number of carbonyl (C=O) groups is 2. The van der Waals surface area contributed by atoms with Crippen molar-refractivity contribution in [1.29, 1.82) is 5.26 Å². The first kappa shape index (κ1) is 19.6. The van der Waals surface area contributed by atoms with Gasteiger partial charge in [0.2, 0.25) is 0 Å². The summed E-state index contributed by atoms with van der Waals surface area (Å²) in [5.74, 6) is -1.09. The number of anilines is 2. The lowest BCUT2D eigenvalue weighted by Crippen LogP contribution is -2.19. The molecule has 1 aliphatic rings. The van der Waals surface area contributed by atoms with Crippen LogP contribution in [0.4, 0.5) is 10.7 Å². The van der Waals surface area contributed by atoms with E-state index in [0.717, 1.165) is 47.4 Å². The smallest absolute Gasteiger partial charge is 0.266 e. The minimum Gasteiger partial charge on any atom is -0.378 e. The van der Waals surface area contributed by atoms with Crippen LogP contribution in [0.15, 0.2) is 29.8 Å². The van der Waals surface area contributed by atoms with E-state index in [-0.39, 0.29) is 5.57 Å². The number of carbonyl (C=O) groups excluding carboxylic acids is 2. The molecule has 0 radical (unpaired) electrons. The fraction of sp³-hybridized carbons (Fsp3) is 0.286. The van der Waals surface area contributed by atoms with E-state index in [1.807, 2.05) is 49.3 Å². The van der Waals surface area contributed by atoms with Gasteiger partial charge in [0.05, 0.1) is 5.56 Å².